The zero-order valence-corrected chi connectivity index (χ0v) is 9.10. The molecule has 0 saturated heterocycles. The molecule has 1 aliphatic rings. The Kier molecular flexibility index (Phi) is 3.69. The van der Waals surface area contributed by atoms with Gasteiger partial charge in [0.05, 0.1) is 5.54 Å². The van der Waals surface area contributed by atoms with E-state index in [2.05, 4.69) is 11.4 Å². The molecule has 3 nitrogen and oxygen atoms in total. The second-order valence-electron chi connectivity index (χ2n) is 4.48. The second-order valence-corrected chi connectivity index (χ2v) is 4.48. The summed E-state index contributed by atoms with van der Waals surface area (Å²) in [6, 6.07) is 0. The predicted molar refractivity (Wildman–Crippen MR) is 57.8 cm³/mol. The van der Waals surface area contributed by atoms with Crippen LogP contribution in [-0.4, -0.2) is 18.0 Å². The van der Waals surface area contributed by atoms with Crippen LogP contribution < -0.4 is 11.1 Å². The molecule has 0 atom stereocenters. The standard InChI is InChI=1S/C11H20N2O/c1-11(2,12)10(14)13-8-7-9-5-3-4-6-9/h5H,3-4,6-8,12H2,1-2H3,(H,13,14). The Morgan fingerprint density at radius 3 is 2.86 bits per heavy atom. The van der Waals surface area contributed by atoms with Crippen LogP contribution in [0, 0.1) is 0 Å². The Morgan fingerprint density at radius 1 is 1.64 bits per heavy atom. The Balaban J connectivity index is 2.18. The van der Waals surface area contributed by atoms with Gasteiger partial charge in [0, 0.05) is 6.54 Å². The fourth-order valence-corrected chi connectivity index (χ4v) is 1.53. The van der Waals surface area contributed by atoms with Gasteiger partial charge in [0.2, 0.25) is 5.91 Å². The van der Waals surface area contributed by atoms with Gasteiger partial charge in [-0.25, -0.2) is 0 Å². The summed E-state index contributed by atoms with van der Waals surface area (Å²) >= 11 is 0. The van der Waals surface area contributed by atoms with Crippen molar-refractivity contribution >= 4 is 5.91 Å². The summed E-state index contributed by atoms with van der Waals surface area (Å²) in [5.41, 5.74) is 6.36. The lowest BCUT2D eigenvalue weighted by molar-refractivity contribution is -0.125. The molecule has 1 rings (SSSR count). The Hall–Kier alpha value is -0.830. The van der Waals surface area contributed by atoms with Gasteiger partial charge in [-0.3, -0.25) is 4.79 Å². The molecule has 14 heavy (non-hydrogen) atoms. The minimum atomic E-state index is -0.760. The van der Waals surface area contributed by atoms with Gasteiger partial charge in [-0.15, -0.1) is 0 Å². The zero-order valence-electron chi connectivity index (χ0n) is 9.10. The molecule has 3 heteroatoms. The molecule has 3 N–H and O–H groups in total. The number of carbonyl (C=O) groups is 1. The van der Waals surface area contributed by atoms with Crippen LogP contribution in [-0.2, 0) is 4.79 Å². The molecular formula is C11H20N2O. The van der Waals surface area contributed by atoms with Crippen LogP contribution in [0.2, 0.25) is 0 Å². The van der Waals surface area contributed by atoms with Crippen LogP contribution in [0.15, 0.2) is 11.6 Å². The van der Waals surface area contributed by atoms with Crippen molar-refractivity contribution in [3.63, 3.8) is 0 Å². The molecule has 1 amide bonds. The van der Waals surface area contributed by atoms with Gasteiger partial charge in [0.25, 0.3) is 0 Å². The molecule has 1 aliphatic carbocycles. The molecule has 80 valence electrons. The minimum absolute atomic E-state index is 0.0731. The third-order valence-corrected chi connectivity index (χ3v) is 2.45. The molecule has 0 aliphatic heterocycles. The van der Waals surface area contributed by atoms with Crippen molar-refractivity contribution in [2.45, 2.75) is 45.1 Å². The van der Waals surface area contributed by atoms with E-state index >= 15 is 0 Å². The highest BCUT2D eigenvalue weighted by atomic mass is 16.2. The topological polar surface area (TPSA) is 55.1 Å². The summed E-state index contributed by atoms with van der Waals surface area (Å²) in [7, 11) is 0. The fraction of sp³-hybridized carbons (Fsp3) is 0.727. The number of allylic oxidation sites excluding steroid dienone is 1. The van der Waals surface area contributed by atoms with Gasteiger partial charge >= 0.3 is 0 Å². The highest BCUT2D eigenvalue weighted by Gasteiger charge is 2.20. The van der Waals surface area contributed by atoms with Crippen LogP contribution >= 0.6 is 0 Å². The maximum Gasteiger partial charge on any atom is 0.239 e. The molecule has 0 aromatic carbocycles. The van der Waals surface area contributed by atoms with Crippen molar-refractivity contribution in [3.8, 4) is 0 Å². The van der Waals surface area contributed by atoms with Crippen LogP contribution in [0.1, 0.15) is 39.5 Å². The zero-order chi connectivity index (χ0) is 10.6. The summed E-state index contributed by atoms with van der Waals surface area (Å²) in [5.74, 6) is -0.0731. The molecule has 0 aromatic rings. The van der Waals surface area contributed by atoms with Gasteiger partial charge in [-0.05, 0) is 39.5 Å². The molecule has 0 heterocycles. The predicted octanol–water partition coefficient (Wildman–Crippen LogP) is 1.34. The SMILES string of the molecule is CC(C)(N)C(=O)NCCC1=CCCC1. The second kappa shape index (κ2) is 4.60. The summed E-state index contributed by atoms with van der Waals surface area (Å²) in [6.07, 6.45) is 6.92. The highest BCUT2D eigenvalue weighted by molar-refractivity contribution is 5.84. The van der Waals surface area contributed by atoms with Crippen LogP contribution in [0.25, 0.3) is 0 Å². The lowest BCUT2D eigenvalue weighted by Crippen LogP contribution is -2.49. The number of nitrogens with one attached hydrogen (secondary N) is 1. The van der Waals surface area contributed by atoms with Crippen molar-refractivity contribution in [1.29, 1.82) is 0 Å². The van der Waals surface area contributed by atoms with Gasteiger partial charge in [0.1, 0.15) is 0 Å². The van der Waals surface area contributed by atoms with E-state index in [9.17, 15) is 4.79 Å². The smallest absolute Gasteiger partial charge is 0.239 e. The van der Waals surface area contributed by atoms with E-state index in [0.29, 0.717) is 6.54 Å². The van der Waals surface area contributed by atoms with Gasteiger partial charge in [-0.2, -0.15) is 0 Å². The van der Waals surface area contributed by atoms with Crippen LogP contribution in [0.4, 0.5) is 0 Å². The fourth-order valence-electron chi connectivity index (χ4n) is 1.53. The molecule has 0 unspecified atom stereocenters. The first-order valence-corrected chi connectivity index (χ1v) is 5.25. The molecule has 0 aromatic heterocycles. The lowest BCUT2D eigenvalue weighted by Gasteiger charge is -2.17. The largest absolute Gasteiger partial charge is 0.354 e. The van der Waals surface area contributed by atoms with E-state index in [1.54, 1.807) is 13.8 Å². The number of hydrogen-bond acceptors (Lipinski definition) is 2. The highest BCUT2D eigenvalue weighted by Crippen LogP contribution is 2.19. The average molecular weight is 196 g/mol. The molecule has 0 saturated carbocycles. The molecular weight excluding hydrogens is 176 g/mol. The van der Waals surface area contributed by atoms with Crippen LogP contribution in [0.3, 0.4) is 0 Å². The molecule has 0 radical (unpaired) electrons. The van der Waals surface area contributed by atoms with E-state index < -0.39 is 5.54 Å². The first kappa shape index (κ1) is 11.2. The van der Waals surface area contributed by atoms with Gasteiger partial charge < -0.3 is 11.1 Å². The van der Waals surface area contributed by atoms with E-state index in [-0.39, 0.29) is 5.91 Å². The Morgan fingerprint density at radius 2 is 2.36 bits per heavy atom. The van der Waals surface area contributed by atoms with E-state index in [1.807, 2.05) is 0 Å². The van der Waals surface area contributed by atoms with Crippen molar-refractivity contribution < 1.29 is 4.79 Å². The maximum atomic E-state index is 11.4. The van der Waals surface area contributed by atoms with Gasteiger partial charge in [0.15, 0.2) is 0 Å². The third-order valence-electron chi connectivity index (χ3n) is 2.45. The normalized spacial score (nSPS) is 16.6. The van der Waals surface area contributed by atoms with Crippen molar-refractivity contribution in [1.82, 2.24) is 5.32 Å². The number of amides is 1. The van der Waals surface area contributed by atoms with Gasteiger partial charge in [-0.1, -0.05) is 11.6 Å². The summed E-state index contributed by atoms with van der Waals surface area (Å²) < 4.78 is 0. The third kappa shape index (κ3) is 3.50. The van der Waals surface area contributed by atoms with Crippen molar-refractivity contribution in [2.24, 2.45) is 5.73 Å². The molecule has 0 bridgehead atoms. The van der Waals surface area contributed by atoms with E-state index in [1.165, 1.54) is 24.8 Å². The van der Waals surface area contributed by atoms with Crippen molar-refractivity contribution in [3.05, 3.63) is 11.6 Å². The lowest BCUT2D eigenvalue weighted by atomic mass is 10.1. The number of rotatable bonds is 4. The molecule has 0 fully saturated rings. The van der Waals surface area contributed by atoms with E-state index in [0.717, 1.165) is 6.42 Å². The summed E-state index contributed by atoms with van der Waals surface area (Å²) in [6.45, 7) is 4.15. The Bertz CT molecular complexity index is 238. The van der Waals surface area contributed by atoms with E-state index in [4.69, 9.17) is 5.73 Å². The maximum absolute atomic E-state index is 11.4. The number of hydrogen-bond donors (Lipinski definition) is 2. The first-order chi connectivity index (χ1) is 6.50. The quantitative estimate of drug-likeness (QED) is 0.667. The number of nitrogens with two attached hydrogens (primary N) is 1. The summed E-state index contributed by atoms with van der Waals surface area (Å²) in [5, 5.41) is 2.84. The molecule has 0 spiro atoms. The summed E-state index contributed by atoms with van der Waals surface area (Å²) in [4.78, 5) is 11.4. The minimum Gasteiger partial charge on any atom is -0.354 e. The monoisotopic (exact) mass is 196 g/mol. The Labute approximate surface area is 85.7 Å². The average Bonchev–Trinajstić information content (AvgIpc) is 2.55. The first-order valence-electron chi connectivity index (χ1n) is 5.25. The van der Waals surface area contributed by atoms with Crippen LogP contribution in [0.5, 0.6) is 0 Å². The van der Waals surface area contributed by atoms with Crippen molar-refractivity contribution in [2.75, 3.05) is 6.54 Å². The number of carbonyl (C=O) groups excluding carboxylic acids is 1.